The van der Waals surface area contributed by atoms with E-state index in [1.54, 1.807) is 7.11 Å². The lowest BCUT2D eigenvalue weighted by atomic mass is 10.2. The molecule has 0 saturated heterocycles. The van der Waals surface area contributed by atoms with Gasteiger partial charge in [-0.05, 0) is 17.7 Å². The first kappa shape index (κ1) is 18.8. The first-order chi connectivity index (χ1) is 13.0. The number of carbonyl (C=O) groups excluding carboxylic acids is 1. The Labute approximate surface area is 161 Å². The lowest BCUT2D eigenvalue weighted by Crippen LogP contribution is -2.24. The molecule has 2 heterocycles. The van der Waals surface area contributed by atoms with Crippen molar-refractivity contribution in [1.82, 2.24) is 15.3 Å². The van der Waals surface area contributed by atoms with E-state index < -0.39 is 11.2 Å². The van der Waals surface area contributed by atoms with Crippen LogP contribution < -0.4 is 21.3 Å². The zero-order valence-corrected chi connectivity index (χ0v) is 15.8. The van der Waals surface area contributed by atoms with E-state index in [1.807, 2.05) is 30.3 Å². The Morgan fingerprint density at radius 3 is 2.70 bits per heavy atom. The number of hydrogen-bond acceptors (Lipinski definition) is 7. The SMILES string of the molecule is COc1ccc(CNC(=O)CSc2sc3c(=O)[nH]c(=O)[nH]c3c2C#N)cc1. The second kappa shape index (κ2) is 8.11. The first-order valence-electron chi connectivity index (χ1n) is 7.73. The number of methoxy groups -OCH3 is 1. The maximum atomic E-state index is 12.1. The molecule has 2 aromatic heterocycles. The Morgan fingerprint density at radius 1 is 1.30 bits per heavy atom. The lowest BCUT2D eigenvalue weighted by molar-refractivity contribution is -0.118. The van der Waals surface area contributed by atoms with Crippen molar-refractivity contribution in [2.45, 2.75) is 10.8 Å². The molecule has 8 nitrogen and oxygen atoms in total. The molecule has 0 bridgehead atoms. The topological polar surface area (TPSA) is 128 Å². The van der Waals surface area contributed by atoms with Gasteiger partial charge in [0.1, 0.15) is 22.1 Å². The minimum absolute atomic E-state index is 0.0831. The summed E-state index contributed by atoms with van der Waals surface area (Å²) in [5, 5.41) is 12.1. The fourth-order valence-corrected chi connectivity index (χ4v) is 4.48. The minimum Gasteiger partial charge on any atom is -0.497 e. The number of nitrogens with zero attached hydrogens (tertiary/aromatic N) is 1. The van der Waals surface area contributed by atoms with Crippen LogP contribution >= 0.6 is 23.1 Å². The van der Waals surface area contributed by atoms with Crippen LogP contribution in [0.25, 0.3) is 10.2 Å². The average molecular weight is 402 g/mol. The normalized spacial score (nSPS) is 10.5. The van der Waals surface area contributed by atoms with Crippen LogP contribution in [0.4, 0.5) is 0 Å². The number of nitrogens with one attached hydrogen (secondary N) is 3. The molecule has 0 unspecified atom stereocenters. The molecule has 0 aliphatic carbocycles. The highest BCUT2D eigenvalue weighted by molar-refractivity contribution is 8.02. The molecule has 3 aromatic rings. The molecule has 1 aromatic carbocycles. The number of amides is 1. The molecule has 10 heteroatoms. The number of rotatable bonds is 6. The number of H-pyrrole nitrogens is 2. The fourth-order valence-electron chi connectivity index (χ4n) is 2.32. The van der Waals surface area contributed by atoms with Gasteiger partial charge in [-0.2, -0.15) is 5.26 Å². The third kappa shape index (κ3) is 4.21. The van der Waals surface area contributed by atoms with Gasteiger partial charge in [0, 0.05) is 6.54 Å². The molecular formula is C17H14N4O4S2. The molecule has 1 amide bonds. The van der Waals surface area contributed by atoms with Gasteiger partial charge in [-0.1, -0.05) is 12.1 Å². The number of ether oxygens (including phenoxy) is 1. The number of fused-ring (bicyclic) bond motifs is 1. The second-order valence-corrected chi connectivity index (χ2v) is 7.67. The van der Waals surface area contributed by atoms with Gasteiger partial charge in [-0.3, -0.25) is 14.6 Å². The summed E-state index contributed by atoms with van der Waals surface area (Å²) < 4.78 is 5.85. The number of nitriles is 1. The summed E-state index contributed by atoms with van der Waals surface area (Å²) in [4.78, 5) is 39.9. The van der Waals surface area contributed by atoms with E-state index >= 15 is 0 Å². The average Bonchev–Trinajstić information content (AvgIpc) is 3.02. The highest BCUT2D eigenvalue weighted by Crippen LogP contribution is 2.34. The van der Waals surface area contributed by atoms with E-state index in [4.69, 9.17) is 4.74 Å². The van der Waals surface area contributed by atoms with Gasteiger partial charge in [0.15, 0.2) is 0 Å². The Hall–Kier alpha value is -3.03. The van der Waals surface area contributed by atoms with Crippen molar-refractivity contribution in [2.24, 2.45) is 0 Å². The Balaban J connectivity index is 1.66. The number of carbonyl (C=O) groups is 1. The van der Waals surface area contributed by atoms with Crippen molar-refractivity contribution in [3.8, 4) is 11.8 Å². The zero-order valence-electron chi connectivity index (χ0n) is 14.1. The van der Waals surface area contributed by atoms with Gasteiger partial charge < -0.3 is 15.0 Å². The third-order valence-corrected chi connectivity index (χ3v) is 6.10. The van der Waals surface area contributed by atoms with Gasteiger partial charge in [-0.25, -0.2) is 4.79 Å². The minimum atomic E-state index is -0.671. The third-order valence-electron chi connectivity index (χ3n) is 3.64. The monoisotopic (exact) mass is 402 g/mol. The lowest BCUT2D eigenvalue weighted by Gasteiger charge is -2.06. The van der Waals surface area contributed by atoms with Gasteiger partial charge in [-0.15, -0.1) is 23.1 Å². The molecule has 0 aliphatic heterocycles. The molecule has 3 rings (SSSR count). The summed E-state index contributed by atoms with van der Waals surface area (Å²) in [6.07, 6.45) is 0. The number of thioether (sulfide) groups is 1. The number of hydrogen-bond donors (Lipinski definition) is 3. The Bertz CT molecular complexity index is 1140. The molecule has 138 valence electrons. The van der Waals surface area contributed by atoms with Gasteiger partial charge in [0.05, 0.1) is 22.6 Å². The molecule has 0 atom stereocenters. The van der Waals surface area contributed by atoms with Crippen molar-refractivity contribution in [3.05, 3.63) is 56.2 Å². The smallest absolute Gasteiger partial charge is 0.326 e. The van der Waals surface area contributed by atoms with Crippen LogP contribution in [0.15, 0.2) is 38.1 Å². The van der Waals surface area contributed by atoms with Gasteiger partial charge in [0.25, 0.3) is 5.56 Å². The largest absolute Gasteiger partial charge is 0.497 e. The van der Waals surface area contributed by atoms with Gasteiger partial charge in [0.2, 0.25) is 5.91 Å². The Morgan fingerprint density at radius 2 is 2.04 bits per heavy atom. The quantitative estimate of drug-likeness (QED) is 0.537. The van der Waals surface area contributed by atoms with Crippen molar-refractivity contribution in [1.29, 1.82) is 5.26 Å². The van der Waals surface area contributed by atoms with E-state index in [9.17, 15) is 19.6 Å². The summed E-state index contributed by atoms with van der Waals surface area (Å²) in [6.45, 7) is 0.369. The Kier molecular flexibility index (Phi) is 5.63. The van der Waals surface area contributed by atoms with E-state index in [1.165, 1.54) is 0 Å². The number of benzene rings is 1. The van der Waals surface area contributed by atoms with E-state index in [-0.39, 0.29) is 27.4 Å². The maximum absolute atomic E-state index is 12.1. The van der Waals surface area contributed by atoms with Crippen LogP contribution in [0, 0.1) is 11.3 Å². The van der Waals surface area contributed by atoms with E-state index in [0.717, 1.165) is 34.4 Å². The summed E-state index contributed by atoms with van der Waals surface area (Å²) in [7, 11) is 1.58. The van der Waals surface area contributed by atoms with Crippen LogP contribution in [-0.2, 0) is 11.3 Å². The summed E-state index contributed by atoms with van der Waals surface area (Å²) in [6, 6.07) is 9.32. The van der Waals surface area contributed by atoms with Crippen LogP contribution in [0.3, 0.4) is 0 Å². The maximum Gasteiger partial charge on any atom is 0.326 e. The predicted molar refractivity (Wildman–Crippen MR) is 103 cm³/mol. The fraction of sp³-hybridized carbons (Fsp3) is 0.176. The molecule has 3 N–H and O–H groups in total. The molecule has 0 saturated carbocycles. The van der Waals surface area contributed by atoms with Crippen LogP contribution in [-0.4, -0.2) is 28.7 Å². The highest BCUT2D eigenvalue weighted by Gasteiger charge is 2.17. The summed E-state index contributed by atoms with van der Waals surface area (Å²) in [5.74, 6) is 0.613. The van der Waals surface area contributed by atoms with Crippen LogP contribution in [0.2, 0.25) is 0 Å². The van der Waals surface area contributed by atoms with Crippen molar-refractivity contribution < 1.29 is 9.53 Å². The van der Waals surface area contributed by atoms with E-state index in [0.29, 0.717) is 10.8 Å². The molecule has 0 fully saturated rings. The van der Waals surface area contributed by atoms with Crippen LogP contribution in [0.1, 0.15) is 11.1 Å². The molecule has 0 radical (unpaired) electrons. The molecule has 27 heavy (non-hydrogen) atoms. The second-order valence-electron chi connectivity index (χ2n) is 5.40. The zero-order chi connectivity index (χ0) is 19.4. The molecule has 0 spiro atoms. The number of aromatic amines is 2. The number of aromatic nitrogens is 2. The van der Waals surface area contributed by atoms with Crippen molar-refractivity contribution in [3.63, 3.8) is 0 Å². The van der Waals surface area contributed by atoms with Crippen molar-refractivity contribution in [2.75, 3.05) is 12.9 Å². The number of thiophene rings is 1. The molecule has 0 aliphatic rings. The first-order valence-corrected chi connectivity index (χ1v) is 9.53. The van der Waals surface area contributed by atoms with Gasteiger partial charge >= 0.3 is 5.69 Å². The summed E-state index contributed by atoms with van der Waals surface area (Å²) >= 11 is 2.23. The highest BCUT2D eigenvalue weighted by atomic mass is 32.2. The molecular weight excluding hydrogens is 388 g/mol. The van der Waals surface area contributed by atoms with Crippen LogP contribution in [0.5, 0.6) is 5.75 Å². The summed E-state index contributed by atoms with van der Waals surface area (Å²) in [5.41, 5.74) is 0.114. The van der Waals surface area contributed by atoms with E-state index in [2.05, 4.69) is 15.3 Å². The van der Waals surface area contributed by atoms with Crippen molar-refractivity contribution >= 4 is 39.2 Å². The standard InChI is InChI=1S/C17H14N4O4S2/c1-25-10-4-2-9(3-5-10)7-19-12(22)8-26-16-11(6-18)13-14(27-16)15(23)21-17(24)20-13/h2-5H,7-8H2,1H3,(H,19,22)(H2,20,21,23,24). The predicted octanol–water partition coefficient (Wildman–Crippen LogP) is 1.57.